The number of hydrogen-bond acceptors (Lipinski definition) is 3. The highest BCUT2D eigenvalue weighted by molar-refractivity contribution is 5.97. The lowest BCUT2D eigenvalue weighted by molar-refractivity contribution is -0.124. The monoisotopic (exact) mass is 271 g/mol. The van der Waals surface area contributed by atoms with Crippen molar-refractivity contribution in [3.63, 3.8) is 0 Å². The van der Waals surface area contributed by atoms with Gasteiger partial charge in [-0.1, -0.05) is 25.3 Å². The maximum Gasteiger partial charge on any atom is 0.244 e. The molecule has 1 fully saturated rings. The lowest BCUT2D eigenvalue weighted by Crippen LogP contribution is -2.36. The Morgan fingerprint density at radius 1 is 1.30 bits per heavy atom. The highest BCUT2D eigenvalue weighted by Crippen LogP contribution is 2.36. The maximum atomic E-state index is 12.5. The molecule has 0 spiro atoms. The second-order valence-corrected chi connectivity index (χ2v) is 5.65. The molecule has 1 amide bonds. The second kappa shape index (κ2) is 5.96. The number of nitrogens with one attached hydrogen (secondary N) is 1. The van der Waals surface area contributed by atoms with Crippen LogP contribution in [-0.2, 0) is 4.79 Å². The van der Waals surface area contributed by atoms with Crippen LogP contribution in [0, 0.1) is 16.7 Å². The molecule has 2 rings (SSSR count). The van der Waals surface area contributed by atoms with E-state index in [1.807, 2.05) is 43.3 Å². The number of hydrogen-bond donors (Lipinski definition) is 1. The SMILES string of the molecule is CN(C)c1cccc(NC(=O)C2(C#N)CCCCC2)c1. The number of amides is 1. The Bertz CT molecular complexity index is 525. The normalized spacial score (nSPS) is 17.1. The van der Waals surface area contributed by atoms with Gasteiger partial charge in [-0.2, -0.15) is 5.26 Å². The summed E-state index contributed by atoms with van der Waals surface area (Å²) in [7, 11) is 3.91. The Morgan fingerprint density at radius 2 is 2.00 bits per heavy atom. The third-order valence-electron chi connectivity index (χ3n) is 3.98. The lowest BCUT2D eigenvalue weighted by atomic mass is 9.74. The van der Waals surface area contributed by atoms with Gasteiger partial charge in [-0.15, -0.1) is 0 Å². The molecule has 0 atom stereocenters. The summed E-state index contributed by atoms with van der Waals surface area (Å²) in [5.41, 5.74) is 0.936. The van der Waals surface area contributed by atoms with Crippen molar-refractivity contribution in [2.24, 2.45) is 5.41 Å². The topological polar surface area (TPSA) is 56.1 Å². The van der Waals surface area contributed by atoms with Crippen LogP contribution in [0.15, 0.2) is 24.3 Å². The summed E-state index contributed by atoms with van der Waals surface area (Å²) in [5, 5.41) is 12.3. The molecule has 0 bridgehead atoms. The molecule has 0 aliphatic heterocycles. The quantitative estimate of drug-likeness (QED) is 0.918. The van der Waals surface area contributed by atoms with Crippen LogP contribution in [0.4, 0.5) is 11.4 Å². The van der Waals surface area contributed by atoms with Gasteiger partial charge in [-0.05, 0) is 31.0 Å². The van der Waals surface area contributed by atoms with Gasteiger partial charge in [0.05, 0.1) is 6.07 Å². The first-order chi connectivity index (χ1) is 9.57. The van der Waals surface area contributed by atoms with E-state index in [0.29, 0.717) is 12.8 Å². The Labute approximate surface area is 120 Å². The van der Waals surface area contributed by atoms with Crippen LogP contribution in [0.3, 0.4) is 0 Å². The van der Waals surface area contributed by atoms with Crippen molar-refractivity contribution in [2.75, 3.05) is 24.3 Å². The minimum atomic E-state index is -0.841. The lowest BCUT2D eigenvalue weighted by Gasteiger charge is -2.29. The molecular weight excluding hydrogens is 250 g/mol. The summed E-state index contributed by atoms with van der Waals surface area (Å²) >= 11 is 0. The van der Waals surface area contributed by atoms with Crippen LogP contribution in [0.1, 0.15) is 32.1 Å². The molecule has 20 heavy (non-hydrogen) atoms. The molecule has 1 saturated carbocycles. The number of benzene rings is 1. The Morgan fingerprint density at radius 3 is 2.60 bits per heavy atom. The number of carbonyl (C=O) groups excluding carboxylic acids is 1. The molecule has 0 unspecified atom stereocenters. The predicted octanol–water partition coefficient (Wildman–Crippen LogP) is 3.17. The van der Waals surface area contributed by atoms with E-state index in [2.05, 4.69) is 11.4 Å². The van der Waals surface area contributed by atoms with Gasteiger partial charge in [-0.25, -0.2) is 0 Å². The van der Waals surface area contributed by atoms with Crippen molar-refractivity contribution < 1.29 is 4.79 Å². The van der Waals surface area contributed by atoms with E-state index in [9.17, 15) is 10.1 Å². The van der Waals surface area contributed by atoms with Crippen LogP contribution in [0.25, 0.3) is 0 Å². The van der Waals surface area contributed by atoms with E-state index in [4.69, 9.17) is 0 Å². The first-order valence-electron chi connectivity index (χ1n) is 7.07. The number of nitriles is 1. The van der Waals surface area contributed by atoms with Gasteiger partial charge in [-0.3, -0.25) is 4.79 Å². The molecule has 0 heterocycles. The van der Waals surface area contributed by atoms with E-state index >= 15 is 0 Å². The zero-order valence-corrected chi connectivity index (χ0v) is 12.1. The van der Waals surface area contributed by atoms with Crippen molar-refractivity contribution in [1.82, 2.24) is 0 Å². The molecular formula is C16H21N3O. The number of carbonyl (C=O) groups is 1. The van der Waals surface area contributed by atoms with Crippen molar-refractivity contribution in [2.45, 2.75) is 32.1 Å². The second-order valence-electron chi connectivity index (χ2n) is 5.65. The third kappa shape index (κ3) is 2.93. The smallest absolute Gasteiger partial charge is 0.244 e. The largest absolute Gasteiger partial charge is 0.378 e. The van der Waals surface area contributed by atoms with Crippen LogP contribution >= 0.6 is 0 Å². The highest BCUT2D eigenvalue weighted by Gasteiger charge is 2.39. The minimum Gasteiger partial charge on any atom is -0.378 e. The van der Waals surface area contributed by atoms with Gasteiger partial charge in [0.1, 0.15) is 5.41 Å². The summed E-state index contributed by atoms with van der Waals surface area (Å²) in [5.74, 6) is -0.157. The molecule has 1 aliphatic rings. The van der Waals surface area contributed by atoms with Crippen LogP contribution in [0.5, 0.6) is 0 Å². The molecule has 1 aliphatic carbocycles. The summed E-state index contributed by atoms with van der Waals surface area (Å²) in [6, 6.07) is 9.92. The first kappa shape index (κ1) is 14.4. The number of rotatable bonds is 3. The zero-order chi connectivity index (χ0) is 14.6. The summed E-state index contributed by atoms with van der Waals surface area (Å²) in [6.45, 7) is 0. The molecule has 0 radical (unpaired) electrons. The van der Waals surface area contributed by atoms with E-state index in [1.165, 1.54) is 0 Å². The van der Waals surface area contributed by atoms with Gasteiger partial charge in [0.2, 0.25) is 5.91 Å². The van der Waals surface area contributed by atoms with Crippen LogP contribution < -0.4 is 10.2 Å². The van der Waals surface area contributed by atoms with Gasteiger partial charge in [0, 0.05) is 25.5 Å². The average molecular weight is 271 g/mol. The fourth-order valence-corrected chi connectivity index (χ4v) is 2.66. The fourth-order valence-electron chi connectivity index (χ4n) is 2.66. The summed E-state index contributed by atoms with van der Waals surface area (Å²) in [4.78, 5) is 14.4. The van der Waals surface area contributed by atoms with E-state index < -0.39 is 5.41 Å². The number of anilines is 2. The summed E-state index contributed by atoms with van der Waals surface area (Å²) in [6.07, 6.45) is 4.37. The van der Waals surface area contributed by atoms with Crippen LogP contribution in [0.2, 0.25) is 0 Å². The Balaban J connectivity index is 2.14. The predicted molar refractivity (Wildman–Crippen MR) is 80.5 cm³/mol. The van der Waals surface area contributed by atoms with Crippen molar-refractivity contribution in [1.29, 1.82) is 5.26 Å². The Hall–Kier alpha value is -2.02. The number of nitrogens with zero attached hydrogens (tertiary/aromatic N) is 2. The van der Waals surface area contributed by atoms with Gasteiger partial charge in [0.25, 0.3) is 0 Å². The van der Waals surface area contributed by atoms with Gasteiger partial charge in [0.15, 0.2) is 0 Å². The maximum absolute atomic E-state index is 12.5. The van der Waals surface area contributed by atoms with Crippen molar-refractivity contribution in [3.8, 4) is 6.07 Å². The zero-order valence-electron chi connectivity index (χ0n) is 12.1. The molecule has 4 heteroatoms. The van der Waals surface area contributed by atoms with E-state index in [-0.39, 0.29) is 5.91 Å². The van der Waals surface area contributed by atoms with E-state index in [1.54, 1.807) is 0 Å². The molecule has 1 aromatic rings. The van der Waals surface area contributed by atoms with Gasteiger partial charge >= 0.3 is 0 Å². The molecule has 106 valence electrons. The van der Waals surface area contributed by atoms with Gasteiger partial charge < -0.3 is 10.2 Å². The summed E-state index contributed by atoms with van der Waals surface area (Å²) < 4.78 is 0. The molecule has 0 saturated heterocycles. The molecule has 1 N–H and O–H groups in total. The fraction of sp³-hybridized carbons (Fsp3) is 0.500. The van der Waals surface area contributed by atoms with Crippen molar-refractivity contribution in [3.05, 3.63) is 24.3 Å². The minimum absolute atomic E-state index is 0.157. The Kier molecular flexibility index (Phi) is 4.29. The van der Waals surface area contributed by atoms with Crippen LogP contribution in [-0.4, -0.2) is 20.0 Å². The average Bonchev–Trinajstić information content (AvgIpc) is 2.48. The molecule has 0 aromatic heterocycles. The van der Waals surface area contributed by atoms with Crippen molar-refractivity contribution >= 4 is 17.3 Å². The molecule has 1 aromatic carbocycles. The third-order valence-corrected chi connectivity index (χ3v) is 3.98. The van der Waals surface area contributed by atoms with E-state index in [0.717, 1.165) is 30.6 Å². The first-order valence-corrected chi connectivity index (χ1v) is 7.07. The molecule has 4 nitrogen and oxygen atoms in total. The standard InChI is InChI=1S/C16H21N3O/c1-19(2)14-8-6-7-13(11-14)18-15(20)16(12-17)9-4-3-5-10-16/h6-8,11H,3-5,9-10H2,1-2H3,(H,18,20). The highest BCUT2D eigenvalue weighted by atomic mass is 16.2.